The molecule has 0 amide bonds. The van der Waals surface area contributed by atoms with Crippen LogP contribution >= 0.6 is 0 Å². The second-order valence-electron chi connectivity index (χ2n) is 7.33. The maximum absolute atomic E-state index is 4.49. The van der Waals surface area contributed by atoms with Crippen LogP contribution in [0.3, 0.4) is 0 Å². The second kappa shape index (κ2) is 7.48. The molecule has 0 spiro atoms. The van der Waals surface area contributed by atoms with Gasteiger partial charge >= 0.3 is 0 Å². The van der Waals surface area contributed by atoms with Crippen LogP contribution in [-0.2, 0) is 6.54 Å². The van der Waals surface area contributed by atoms with Crippen molar-refractivity contribution in [1.29, 1.82) is 0 Å². The quantitative estimate of drug-likeness (QED) is 0.714. The van der Waals surface area contributed by atoms with Crippen molar-refractivity contribution in [2.45, 2.75) is 27.3 Å². The predicted molar refractivity (Wildman–Crippen MR) is 107 cm³/mol. The lowest BCUT2D eigenvalue weighted by Gasteiger charge is -2.35. The maximum Gasteiger partial charge on any atom is 0.158 e. The molecule has 0 aliphatic carbocycles. The minimum Gasteiger partial charge on any atom is -0.354 e. The summed E-state index contributed by atoms with van der Waals surface area (Å²) in [5, 5.41) is 4.44. The molecule has 3 heterocycles. The first-order chi connectivity index (χ1) is 13.1. The number of piperazine rings is 1. The summed E-state index contributed by atoms with van der Waals surface area (Å²) in [4.78, 5) is 13.7. The molecule has 3 aromatic rings. The normalized spacial score (nSPS) is 15.3. The summed E-state index contributed by atoms with van der Waals surface area (Å²) < 4.78 is 1.80. The zero-order valence-electron chi connectivity index (χ0n) is 16.3. The third-order valence-corrected chi connectivity index (χ3v) is 5.19. The van der Waals surface area contributed by atoms with Gasteiger partial charge < -0.3 is 4.90 Å². The Hall–Kier alpha value is -2.73. The monoisotopic (exact) mass is 362 g/mol. The first-order valence-electron chi connectivity index (χ1n) is 9.46. The Balaban J connectivity index is 1.41. The van der Waals surface area contributed by atoms with Gasteiger partial charge in [0.05, 0.1) is 5.69 Å². The molecule has 0 unspecified atom stereocenters. The zero-order chi connectivity index (χ0) is 18.8. The molecule has 1 aliphatic rings. The molecule has 27 heavy (non-hydrogen) atoms. The fourth-order valence-electron chi connectivity index (χ4n) is 3.52. The molecule has 0 bridgehead atoms. The molecule has 0 atom stereocenters. The van der Waals surface area contributed by atoms with Crippen LogP contribution < -0.4 is 4.90 Å². The first kappa shape index (κ1) is 17.7. The summed E-state index contributed by atoms with van der Waals surface area (Å²) >= 11 is 0. The Bertz CT molecular complexity index is 924. The smallest absolute Gasteiger partial charge is 0.158 e. The standard InChI is InChI=1S/C21H26N6/c1-16-4-5-17(2)19(12-16)14-25-8-10-26(11-9-25)20-13-21(23-15-22-20)27-7-6-18(3)24-27/h4-7,12-13,15H,8-11,14H2,1-3H3. The highest BCUT2D eigenvalue weighted by molar-refractivity contribution is 5.43. The Morgan fingerprint density at radius 3 is 2.41 bits per heavy atom. The lowest BCUT2D eigenvalue weighted by Crippen LogP contribution is -2.46. The van der Waals surface area contributed by atoms with E-state index in [0.29, 0.717) is 0 Å². The number of anilines is 1. The zero-order valence-corrected chi connectivity index (χ0v) is 16.3. The summed E-state index contributed by atoms with van der Waals surface area (Å²) in [5.41, 5.74) is 5.12. The average Bonchev–Trinajstić information content (AvgIpc) is 3.12. The number of aromatic nitrogens is 4. The van der Waals surface area contributed by atoms with Gasteiger partial charge in [0.2, 0.25) is 0 Å². The van der Waals surface area contributed by atoms with Crippen LogP contribution in [0.15, 0.2) is 42.9 Å². The summed E-state index contributed by atoms with van der Waals surface area (Å²) in [7, 11) is 0. The summed E-state index contributed by atoms with van der Waals surface area (Å²) in [6.07, 6.45) is 3.56. The summed E-state index contributed by atoms with van der Waals surface area (Å²) in [5.74, 6) is 1.78. The molecule has 4 rings (SSSR count). The lowest BCUT2D eigenvalue weighted by atomic mass is 10.0. The van der Waals surface area contributed by atoms with E-state index >= 15 is 0 Å². The molecule has 1 aromatic carbocycles. The van der Waals surface area contributed by atoms with E-state index in [2.05, 4.69) is 56.9 Å². The molecule has 6 heteroatoms. The number of benzene rings is 1. The van der Waals surface area contributed by atoms with E-state index in [1.165, 1.54) is 16.7 Å². The van der Waals surface area contributed by atoms with Gasteiger partial charge in [0, 0.05) is 45.0 Å². The molecular formula is C21H26N6. The number of aryl methyl sites for hydroxylation is 3. The second-order valence-corrected chi connectivity index (χ2v) is 7.33. The lowest BCUT2D eigenvalue weighted by molar-refractivity contribution is 0.249. The first-order valence-corrected chi connectivity index (χ1v) is 9.46. The van der Waals surface area contributed by atoms with Crippen LogP contribution in [0.4, 0.5) is 5.82 Å². The van der Waals surface area contributed by atoms with Crippen molar-refractivity contribution in [3.8, 4) is 5.82 Å². The highest BCUT2D eigenvalue weighted by Gasteiger charge is 2.19. The Morgan fingerprint density at radius 2 is 1.67 bits per heavy atom. The van der Waals surface area contributed by atoms with Crippen molar-refractivity contribution < 1.29 is 0 Å². The van der Waals surface area contributed by atoms with Crippen LogP contribution in [0.2, 0.25) is 0 Å². The van der Waals surface area contributed by atoms with Crippen LogP contribution in [0, 0.1) is 20.8 Å². The fraction of sp³-hybridized carbons (Fsp3) is 0.381. The number of rotatable bonds is 4. The molecule has 1 saturated heterocycles. The number of hydrogen-bond acceptors (Lipinski definition) is 5. The predicted octanol–water partition coefficient (Wildman–Crippen LogP) is 2.91. The number of hydrogen-bond donors (Lipinski definition) is 0. The van der Waals surface area contributed by atoms with Gasteiger partial charge in [0.25, 0.3) is 0 Å². The number of nitrogens with zero attached hydrogens (tertiary/aromatic N) is 6. The van der Waals surface area contributed by atoms with Gasteiger partial charge in [-0.25, -0.2) is 14.6 Å². The topological polar surface area (TPSA) is 50.1 Å². The van der Waals surface area contributed by atoms with Crippen molar-refractivity contribution in [3.05, 3.63) is 65.2 Å². The van der Waals surface area contributed by atoms with Crippen LogP contribution in [-0.4, -0.2) is 50.8 Å². The van der Waals surface area contributed by atoms with Crippen molar-refractivity contribution >= 4 is 5.82 Å². The van der Waals surface area contributed by atoms with Crippen LogP contribution in [0.25, 0.3) is 5.82 Å². The van der Waals surface area contributed by atoms with Crippen molar-refractivity contribution in [3.63, 3.8) is 0 Å². The molecule has 1 fully saturated rings. The minimum atomic E-state index is 0.811. The van der Waals surface area contributed by atoms with Gasteiger partial charge in [-0.3, -0.25) is 4.90 Å². The maximum atomic E-state index is 4.49. The van der Waals surface area contributed by atoms with E-state index in [0.717, 1.165) is 50.1 Å². The molecule has 6 nitrogen and oxygen atoms in total. The molecule has 0 saturated carbocycles. The van der Waals surface area contributed by atoms with Gasteiger partial charge in [-0.15, -0.1) is 0 Å². The van der Waals surface area contributed by atoms with E-state index in [1.807, 2.05) is 25.3 Å². The van der Waals surface area contributed by atoms with Gasteiger partial charge in [0.15, 0.2) is 5.82 Å². The third kappa shape index (κ3) is 4.01. The summed E-state index contributed by atoms with van der Waals surface area (Å²) in [6, 6.07) is 10.7. The Morgan fingerprint density at radius 1 is 0.889 bits per heavy atom. The molecule has 1 aliphatic heterocycles. The fourth-order valence-corrected chi connectivity index (χ4v) is 3.52. The van der Waals surface area contributed by atoms with E-state index < -0.39 is 0 Å². The molecular weight excluding hydrogens is 336 g/mol. The van der Waals surface area contributed by atoms with Crippen molar-refractivity contribution in [2.24, 2.45) is 0 Å². The average molecular weight is 362 g/mol. The van der Waals surface area contributed by atoms with E-state index in [4.69, 9.17) is 0 Å². The van der Waals surface area contributed by atoms with Gasteiger partial charge in [0.1, 0.15) is 12.1 Å². The summed E-state index contributed by atoms with van der Waals surface area (Å²) in [6.45, 7) is 11.4. The molecule has 0 radical (unpaired) electrons. The Labute approximate surface area is 160 Å². The largest absolute Gasteiger partial charge is 0.354 e. The van der Waals surface area contributed by atoms with Crippen molar-refractivity contribution in [2.75, 3.05) is 31.1 Å². The SMILES string of the molecule is Cc1ccc(C)c(CN2CCN(c3cc(-n4ccc(C)n4)ncn3)CC2)c1. The minimum absolute atomic E-state index is 0.811. The highest BCUT2D eigenvalue weighted by atomic mass is 15.3. The van der Waals surface area contributed by atoms with Crippen molar-refractivity contribution in [1.82, 2.24) is 24.6 Å². The van der Waals surface area contributed by atoms with Crippen LogP contribution in [0.1, 0.15) is 22.4 Å². The van der Waals surface area contributed by atoms with E-state index in [1.54, 1.807) is 11.0 Å². The van der Waals surface area contributed by atoms with E-state index in [9.17, 15) is 0 Å². The highest BCUT2D eigenvalue weighted by Crippen LogP contribution is 2.18. The molecule has 0 N–H and O–H groups in total. The molecule has 2 aromatic heterocycles. The Kier molecular flexibility index (Phi) is 4.90. The van der Waals surface area contributed by atoms with Gasteiger partial charge in [-0.1, -0.05) is 23.8 Å². The molecule has 140 valence electrons. The van der Waals surface area contributed by atoms with E-state index in [-0.39, 0.29) is 0 Å². The van der Waals surface area contributed by atoms with Crippen LogP contribution in [0.5, 0.6) is 0 Å². The van der Waals surface area contributed by atoms with Gasteiger partial charge in [-0.2, -0.15) is 5.10 Å². The van der Waals surface area contributed by atoms with Gasteiger partial charge in [-0.05, 0) is 38.0 Å². The third-order valence-electron chi connectivity index (χ3n) is 5.19.